The van der Waals surface area contributed by atoms with Crippen LogP contribution in [-0.4, -0.2) is 11.7 Å². The van der Waals surface area contributed by atoms with Gasteiger partial charge in [0.1, 0.15) is 0 Å². The summed E-state index contributed by atoms with van der Waals surface area (Å²) in [4.78, 5) is 28.4. The van der Waals surface area contributed by atoms with E-state index in [-0.39, 0.29) is 17.6 Å². The van der Waals surface area contributed by atoms with E-state index in [2.05, 4.69) is 5.32 Å². The first kappa shape index (κ1) is 21.7. The normalized spacial score (nSPS) is 20.0. The molecule has 2 unspecified atom stereocenters. The van der Waals surface area contributed by atoms with Crippen molar-refractivity contribution in [2.24, 2.45) is 0 Å². The Hall–Kier alpha value is -3.08. The van der Waals surface area contributed by atoms with Crippen molar-refractivity contribution in [2.75, 3.05) is 10.2 Å². The minimum Gasteiger partial charge on any atom is -0.357 e. The predicted molar refractivity (Wildman–Crippen MR) is 133 cm³/mol. The lowest BCUT2D eigenvalue weighted by molar-refractivity contribution is -0.117. The molecule has 0 saturated carbocycles. The van der Waals surface area contributed by atoms with Gasteiger partial charge in [-0.3, -0.25) is 14.5 Å². The average Bonchev–Trinajstić information content (AvgIpc) is 2.94. The van der Waals surface area contributed by atoms with Gasteiger partial charge in [0.25, 0.3) is 0 Å². The smallest absolute Gasteiger partial charge is 0.224 e. The number of carbonyl (C=O) groups is 2. The third-order valence-electron chi connectivity index (χ3n) is 6.33. The number of ketones is 1. The molecule has 1 amide bonds. The summed E-state index contributed by atoms with van der Waals surface area (Å²) in [7, 11) is 0. The average molecular weight is 477 g/mol. The predicted octanol–water partition coefficient (Wildman–Crippen LogP) is 6.91. The monoisotopic (exact) mass is 476 g/mol. The summed E-state index contributed by atoms with van der Waals surface area (Å²) in [6.45, 7) is 1.53. The lowest BCUT2D eigenvalue weighted by Gasteiger charge is -2.34. The number of carbonyl (C=O) groups excluding carboxylic acids is 2. The van der Waals surface area contributed by atoms with Gasteiger partial charge in [0.15, 0.2) is 5.78 Å². The van der Waals surface area contributed by atoms with Crippen LogP contribution in [0.15, 0.2) is 84.1 Å². The third-order valence-corrected chi connectivity index (χ3v) is 6.82. The van der Waals surface area contributed by atoms with E-state index >= 15 is 0 Å². The highest BCUT2D eigenvalue weighted by Gasteiger charge is 2.40. The molecule has 0 radical (unpaired) electrons. The number of allylic oxidation sites excluding steroid dienone is 1. The molecule has 3 aromatic rings. The molecule has 3 aromatic carbocycles. The summed E-state index contributed by atoms with van der Waals surface area (Å²) in [6, 6.07) is 22.2. The summed E-state index contributed by atoms with van der Waals surface area (Å²) in [5, 5.41) is 4.74. The highest BCUT2D eigenvalue weighted by atomic mass is 35.5. The standard InChI is InChI=1S/C27H22Cl2N2O2/c1-16(32)31-24-8-3-2-7-22(24)30-23-14-19(17-9-11-20(28)12-10-17)15-25(33)26(23)27(31)18-5-4-6-21(29)13-18/h2-13,19,27,30H,14-15H2,1H3. The Bertz CT molecular complexity index is 1280. The van der Waals surface area contributed by atoms with E-state index < -0.39 is 6.04 Å². The molecular weight excluding hydrogens is 455 g/mol. The molecule has 166 valence electrons. The molecule has 1 aliphatic carbocycles. The number of hydrogen-bond donors (Lipinski definition) is 1. The lowest BCUT2D eigenvalue weighted by atomic mass is 9.78. The molecule has 0 spiro atoms. The Kier molecular flexibility index (Phi) is 5.73. The van der Waals surface area contributed by atoms with Crippen LogP contribution in [0, 0.1) is 0 Å². The van der Waals surface area contributed by atoms with Crippen molar-refractivity contribution in [3.8, 4) is 0 Å². The number of para-hydroxylation sites is 2. The van der Waals surface area contributed by atoms with Crippen LogP contribution in [0.25, 0.3) is 0 Å². The zero-order chi connectivity index (χ0) is 23.1. The number of nitrogens with zero attached hydrogens (tertiary/aromatic N) is 1. The second-order valence-corrected chi connectivity index (χ2v) is 9.33. The van der Waals surface area contributed by atoms with Crippen LogP contribution in [0.5, 0.6) is 0 Å². The third kappa shape index (κ3) is 4.05. The maximum atomic E-state index is 13.7. The fraction of sp³-hybridized carbons (Fsp3) is 0.185. The van der Waals surface area contributed by atoms with Gasteiger partial charge in [-0.2, -0.15) is 0 Å². The fourth-order valence-electron chi connectivity index (χ4n) is 4.90. The van der Waals surface area contributed by atoms with Gasteiger partial charge >= 0.3 is 0 Å². The van der Waals surface area contributed by atoms with E-state index in [9.17, 15) is 9.59 Å². The van der Waals surface area contributed by atoms with Crippen molar-refractivity contribution in [2.45, 2.75) is 31.7 Å². The van der Waals surface area contributed by atoms with Crippen LogP contribution >= 0.6 is 23.2 Å². The van der Waals surface area contributed by atoms with Crippen LogP contribution in [0.4, 0.5) is 11.4 Å². The van der Waals surface area contributed by atoms with E-state index in [4.69, 9.17) is 23.2 Å². The summed E-state index contributed by atoms with van der Waals surface area (Å²) in [5.74, 6) is -0.0969. The van der Waals surface area contributed by atoms with Crippen molar-refractivity contribution < 1.29 is 9.59 Å². The minimum atomic E-state index is -0.564. The van der Waals surface area contributed by atoms with E-state index in [0.29, 0.717) is 28.5 Å². The van der Waals surface area contributed by atoms with Crippen molar-refractivity contribution in [3.05, 3.63) is 105 Å². The van der Waals surface area contributed by atoms with Crippen molar-refractivity contribution in [3.63, 3.8) is 0 Å². The molecular formula is C27H22Cl2N2O2. The van der Waals surface area contributed by atoms with Crippen molar-refractivity contribution in [1.29, 1.82) is 0 Å². The molecule has 2 aliphatic rings. The molecule has 0 fully saturated rings. The topological polar surface area (TPSA) is 49.4 Å². The molecule has 5 rings (SSSR count). The van der Waals surface area contributed by atoms with Gasteiger partial charge in [-0.05, 0) is 59.9 Å². The zero-order valence-corrected chi connectivity index (χ0v) is 19.5. The van der Waals surface area contributed by atoms with Gasteiger partial charge in [0.05, 0.1) is 17.4 Å². The highest BCUT2D eigenvalue weighted by Crippen LogP contribution is 2.47. The first-order valence-corrected chi connectivity index (χ1v) is 11.6. The SMILES string of the molecule is CC(=O)N1c2ccccc2NC2=C(C(=O)CC(c3ccc(Cl)cc3)C2)C1c1cccc(Cl)c1. The number of anilines is 2. The number of nitrogens with one attached hydrogen (secondary N) is 1. The van der Waals surface area contributed by atoms with Crippen LogP contribution in [0.1, 0.15) is 42.9 Å². The Balaban J connectivity index is 1.70. The summed E-state index contributed by atoms with van der Waals surface area (Å²) < 4.78 is 0. The molecule has 1 heterocycles. The Morgan fingerprint density at radius 2 is 1.67 bits per heavy atom. The molecule has 33 heavy (non-hydrogen) atoms. The number of Topliss-reactive ketones (excluding diaryl/α,β-unsaturated/α-hetero) is 1. The molecule has 0 saturated heterocycles. The van der Waals surface area contributed by atoms with Gasteiger partial charge in [0, 0.05) is 34.7 Å². The van der Waals surface area contributed by atoms with Crippen molar-refractivity contribution >= 4 is 46.3 Å². The second kappa shape index (κ2) is 8.69. The number of amides is 1. The number of hydrogen-bond acceptors (Lipinski definition) is 3. The number of rotatable bonds is 2. The molecule has 6 heteroatoms. The molecule has 2 atom stereocenters. The summed E-state index contributed by atoms with van der Waals surface area (Å²) in [5.41, 5.74) is 4.87. The maximum absolute atomic E-state index is 13.7. The lowest BCUT2D eigenvalue weighted by Crippen LogP contribution is -2.37. The molecule has 0 aromatic heterocycles. The van der Waals surface area contributed by atoms with Gasteiger partial charge in [-0.15, -0.1) is 0 Å². The van der Waals surface area contributed by atoms with E-state index in [0.717, 1.165) is 28.2 Å². The molecule has 4 nitrogen and oxygen atoms in total. The van der Waals surface area contributed by atoms with Crippen LogP contribution in [0.2, 0.25) is 10.0 Å². The molecule has 1 N–H and O–H groups in total. The van der Waals surface area contributed by atoms with E-state index in [1.165, 1.54) is 6.92 Å². The maximum Gasteiger partial charge on any atom is 0.224 e. The Labute approximate surface area is 202 Å². The van der Waals surface area contributed by atoms with Crippen LogP contribution < -0.4 is 10.2 Å². The number of benzene rings is 3. The molecule has 0 bridgehead atoms. The second-order valence-electron chi connectivity index (χ2n) is 8.46. The first-order chi connectivity index (χ1) is 15.9. The van der Waals surface area contributed by atoms with Gasteiger partial charge < -0.3 is 5.32 Å². The molecule has 1 aliphatic heterocycles. The van der Waals surface area contributed by atoms with Gasteiger partial charge in [0.2, 0.25) is 5.91 Å². The van der Waals surface area contributed by atoms with Crippen LogP contribution in [-0.2, 0) is 9.59 Å². The van der Waals surface area contributed by atoms with Crippen molar-refractivity contribution in [1.82, 2.24) is 0 Å². The van der Waals surface area contributed by atoms with E-state index in [1.807, 2.05) is 66.7 Å². The van der Waals surface area contributed by atoms with Gasteiger partial charge in [-0.1, -0.05) is 59.6 Å². The largest absolute Gasteiger partial charge is 0.357 e. The number of fused-ring (bicyclic) bond motifs is 1. The number of halogens is 2. The van der Waals surface area contributed by atoms with Gasteiger partial charge in [-0.25, -0.2) is 0 Å². The highest BCUT2D eigenvalue weighted by molar-refractivity contribution is 6.30. The zero-order valence-electron chi connectivity index (χ0n) is 18.0. The summed E-state index contributed by atoms with van der Waals surface area (Å²) >= 11 is 12.4. The first-order valence-electron chi connectivity index (χ1n) is 10.9. The van der Waals surface area contributed by atoms with Crippen LogP contribution in [0.3, 0.4) is 0 Å². The van der Waals surface area contributed by atoms with E-state index in [1.54, 1.807) is 11.0 Å². The summed E-state index contributed by atoms with van der Waals surface area (Å²) in [6.07, 6.45) is 1.02. The Morgan fingerprint density at radius 3 is 2.39 bits per heavy atom. The Morgan fingerprint density at radius 1 is 0.909 bits per heavy atom. The fourth-order valence-corrected chi connectivity index (χ4v) is 5.23. The quantitative estimate of drug-likeness (QED) is 0.436. The minimum absolute atomic E-state index is 0.0210.